The highest BCUT2D eigenvalue weighted by molar-refractivity contribution is 7.91. The summed E-state index contributed by atoms with van der Waals surface area (Å²) in [6.07, 6.45) is 0.0623. The molecule has 3 N–H and O–H groups in total. The largest absolute Gasteiger partial charge is 0.372 e. The first kappa shape index (κ1) is 15.7. The van der Waals surface area contributed by atoms with Crippen LogP contribution in [-0.2, 0) is 14.8 Å². The van der Waals surface area contributed by atoms with Crippen LogP contribution in [0.2, 0.25) is 0 Å². The Hall–Kier alpha value is -1.72. The summed E-state index contributed by atoms with van der Waals surface area (Å²) < 4.78 is 26.6. The van der Waals surface area contributed by atoms with Crippen LogP contribution in [-0.4, -0.2) is 38.4 Å². The number of hydrogen-bond acceptors (Lipinski definition) is 7. The molecule has 2 heterocycles. The van der Waals surface area contributed by atoms with E-state index in [1.54, 1.807) is 6.92 Å². The Morgan fingerprint density at radius 2 is 2.29 bits per heavy atom. The minimum Gasteiger partial charge on any atom is -0.372 e. The van der Waals surface area contributed by atoms with Crippen molar-refractivity contribution in [3.8, 4) is 0 Å². The molecule has 0 aromatic carbocycles. The zero-order valence-corrected chi connectivity index (χ0v) is 12.7. The molecule has 9 nitrogen and oxygen atoms in total. The summed E-state index contributed by atoms with van der Waals surface area (Å²) in [6.45, 7) is 2.41. The third-order valence-corrected chi connectivity index (χ3v) is 5.86. The lowest BCUT2D eigenvalue weighted by atomic mass is 10.3. The molecule has 0 spiro atoms. The lowest BCUT2D eigenvalue weighted by molar-refractivity contribution is -0.383. The first-order valence-corrected chi connectivity index (χ1v) is 8.44. The molecule has 2 rings (SSSR count). The SMILES string of the molecule is CCNc1sc(S(=O)(=O)NC2CNC(=O)C2)cc1[N+](=O)[O-]. The number of hydrogen-bond donors (Lipinski definition) is 3. The molecule has 0 aliphatic carbocycles. The van der Waals surface area contributed by atoms with E-state index in [1.165, 1.54) is 0 Å². The summed E-state index contributed by atoms with van der Waals surface area (Å²) in [6, 6.07) is 0.487. The molecule has 116 valence electrons. The van der Waals surface area contributed by atoms with E-state index in [0.29, 0.717) is 6.54 Å². The molecule has 1 aliphatic rings. The van der Waals surface area contributed by atoms with Gasteiger partial charge in [-0.15, -0.1) is 0 Å². The van der Waals surface area contributed by atoms with Gasteiger partial charge in [0.15, 0.2) is 5.00 Å². The van der Waals surface area contributed by atoms with Gasteiger partial charge < -0.3 is 10.6 Å². The highest BCUT2D eigenvalue weighted by atomic mass is 32.2. The number of nitrogens with one attached hydrogen (secondary N) is 3. The van der Waals surface area contributed by atoms with Crippen LogP contribution >= 0.6 is 11.3 Å². The molecular weight excluding hydrogens is 320 g/mol. The second-order valence-electron chi connectivity index (χ2n) is 4.39. The molecule has 1 aromatic heterocycles. The summed E-state index contributed by atoms with van der Waals surface area (Å²) in [5.41, 5.74) is -0.275. The molecule has 0 radical (unpaired) electrons. The molecule has 11 heteroatoms. The molecule has 1 fully saturated rings. The van der Waals surface area contributed by atoms with Gasteiger partial charge in [0.1, 0.15) is 4.21 Å². The fourth-order valence-electron chi connectivity index (χ4n) is 1.88. The van der Waals surface area contributed by atoms with E-state index in [0.717, 1.165) is 17.4 Å². The average molecular weight is 334 g/mol. The Morgan fingerprint density at radius 3 is 2.81 bits per heavy atom. The molecule has 0 bridgehead atoms. The van der Waals surface area contributed by atoms with Crippen molar-refractivity contribution in [1.82, 2.24) is 10.0 Å². The van der Waals surface area contributed by atoms with E-state index < -0.39 is 21.0 Å². The van der Waals surface area contributed by atoms with Gasteiger partial charge in [0, 0.05) is 31.6 Å². The molecule has 1 aliphatic heterocycles. The van der Waals surface area contributed by atoms with Gasteiger partial charge >= 0.3 is 5.69 Å². The lowest BCUT2D eigenvalue weighted by Gasteiger charge is -2.09. The van der Waals surface area contributed by atoms with Crippen molar-refractivity contribution < 1.29 is 18.1 Å². The van der Waals surface area contributed by atoms with Gasteiger partial charge in [-0.25, -0.2) is 13.1 Å². The first-order chi connectivity index (χ1) is 9.83. The predicted molar refractivity (Wildman–Crippen MR) is 76.9 cm³/mol. The normalized spacial score (nSPS) is 18.5. The van der Waals surface area contributed by atoms with Crippen LogP contribution < -0.4 is 15.4 Å². The third-order valence-electron chi connectivity index (χ3n) is 2.79. The Morgan fingerprint density at radius 1 is 1.57 bits per heavy atom. The number of carbonyl (C=O) groups is 1. The van der Waals surface area contributed by atoms with E-state index in [1.807, 2.05) is 0 Å². The standard InChI is InChI=1S/C10H14N4O5S2/c1-2-11-10-7(14(16)17)4-9(20-10)21(18,19)13-6-3-8(15)12-5-6/h4,6,11,13H,2-3,5H2,1H3,(H,12,15). The van der Waals surface area contributed by atoms with Crippen LogP contribution in [0, 0.1) is 10.1 Å². The van der Waals surface area contributed by atoms with Crippen molar-refractivity contribution in [2.45, 2.75) is 23.6 Å². The molecule has 1 amide bonds. The van der Waals surface area contributed by atoms with E-state index in [4.69, 9.17) is 0 Å². The lowest BCUT2D eigenvalue weighted by Crippen LogP contribution is -2.35. The number of carbonyl (C=O) groups excluding carboxylic acids is 1. The first-order valence-electron chi connectivity index (χ1n) is 6.14. The Kier molecular flexibility index (Phi) is 4.44. The summed E-state index contributed by atoms with van der Waals surface area (Å²) in [5, 5.41) is 16.4. The van der Waals surface area contributed by atoms with Crippen molar-refractivity contribution in [3.05, 3.63) is 16.2 Å². The smallest absolute Gasteiger partial charge is 0.304 e. The van der Waals surface area contributed by atoms with Crippen LogP contribution in [0.25, 0.3) is 0 Å². The molecule has 1 unspecified atom stereocenters. The van der Waals surface area contributed by atoms with E-state index in [2.05, 4.69) is 15.4 Å². The van der Waals surface area contributed by atoms with Crippen molar-refractivity contribution >= 4 is 38.0 Å². The van der Waals surface area contributed by atoms with Gasteiger partial charge in [0.2, 0.25) is 5.91 Å². The predicted octanol–water partition coefficient (Wildman–Crippen LogP) is 0.255. The summed E-state index contributed by atoms with van der Waals surface area (Å²) in [5.74, 6) is -0.229. The zero-order valence-electron chi connectivity index (χ0n) is 11.1. The highest BCUT2D eigenvalue weighted by Crippen LogP contribution is 2.36. The number of sulfonamides is 1. The summed E-state index contributed by atoms with van der Waals surface area (Å²) in [7, 11) is -3.89. The number of amides is 1. The van der Waals surface area contributed by atoms with Crippen molar-refractivity contribution in [1.29, 1.82) is 0 Å². The minimum atomic E-state index is -3.89. The summed E-state index contributed by atoms with van der Waals surface area (Å²) in [4.78, 5) is 21.4. The van der Waals surface area contributed by atoms with Gasteiger partial charge in [-0.3, -0.25) is 14.9 Å². The number of anilines is 1. The van der Waals surface area contributed by atoms with Gasteiger partial charge in [-0.05, 0) is 6.92 Å². The van der Waals surface area contributed by atoms with Crippen LogP contribution in [0.15, 0.2) is 10.3 Å². The Bertz CT molecular complexity index is 669. The zero-order chi connectivity index (χ0) is 15.6. The molecule has 21 heavy (non-hydrogen) atoms. The fraction of sp³-hybridized carbons (Fsp3) is 0.500. The quantitative estimate of drug-likeness (QED) is 0.505. The maximum atomic E-state index is 12.2. The van der Waals surface area contributed by atoms with Crippen LogP contribution in [0.1, 0.15) is 13.3 Å². The van der Waals surface area contributed by atoms with Crippen molar-refractivity contribution in [2.24, 2.45) is 0 Å². The number of nitrogens with zero attached hydrogens (tertiary/aromatic N) is 1. The topological polar surface area (TPSA) is 130 Å². The van der Waals surface area contributed by atoms with Gasteiger partial charge in [-0.1, -0.05) is 11.3 Å². The summed E-state index contributed by atoms with van der Waals surface area (Å²) >= 11 is 0.795. The average Bonchev–Trinajstić information content (AvgIpc) is 2.96. The second-order valence-corrected chi connectivity index (χ2v) is 7.39. The second kappa shape index (κ2) is 5.95. The highest BCUT2D eigenvalue weighted by Gasteiger charge is 2.30. The molecule has 1 saturated heterocycles. The van der Waals surface area contributed by atoms with E-state index in [-0.39, 0.29) is 33.8 Å². The van der Waals surface area contributed by atoms with Gasteiger partial charge in [0.05, 0.1) is 4.92 Å². The van der Waals surface area contributed by atoms with Crippen LogP contribution in [0.3, 0.4) is 0 Å². The minimum absolute atomic E-state index is 0.0623. The molecule has 1 atom stereocenters. The van der Waals surface area contributed by atoms with Crippen LogP contribution in [0.5, 0.6) is 0 Å². The van der Waals surface area contributed by atoms with Crippen molar-refractivity contribution in [2.75, 3.05) is 18.4 Å². The Labute approximate surface area is 124 Å². The van der Waals surface area contributed by atoms with E-state index >= 15 is 0 Å². The van der Waals surface area contributed by atoms with Gasteiger partial charge in [0.25, 0.3) is 10.0 Å². The number of nitro groups is 1. The van der Waals surface area contributed by atoms with Gasteiger partial charge in [-0.2, -0.15) is 0 Å². The third kappa shape index (κ3) is 3.49. The number of rotatable bonds is 6. The van der Waals surface area contributed by atoms with E-state index in [9.17, 15) is 23.3 Å². The Balaban J connectivity index is 2.25. The molecule has 1 aromatic rings. The molecular formula is C10H14N4O5S2. The van der Waals surface area contributed by atoms with Crippen LogP contribution in [0.4, 0.5) is 10.7 Å². The monoisotopic (exact) mass is 334 g/mol. The van der Waals surface area contributed by atoms with Crippen molar-refractivity contribution in [3.63, 3.8) is 0 Å². The maximum absolute atomic E-state index is 12.2. The number of thiophene rings is 1. The maximum Gasteiger partial charge on any atom is 0.304 e. The molecule has 0 saturated carbocycles. The fourth-order valence-corrected chi connectivity index (χ4v) is 4.53.